The molecular weight excluding hydrogens is 176 g/mol. The van der Waals surface area contributed by atoms with E-state index in [4.69, 9.17) is 10.5 Å². The molecule has 1 heterocycles. The van der Waals surface area contributed by atoms with Crippen LogP contribution >= 0.6 is 0 Å². The molecule has 0 spiro atoms. The molecule has 0 aromatic carbocycles. The number of rotatable bonds is 6. The number of ether oxygens (including phenoxy) is 1. The van der Waals surface area contributed by atoms with Crippen molar-refractivity contribution in [3.63, 3.8) is 0 Å². The molecule has 0 bridgehead atoms. The lowest BCUT2D eigenvalue weighted by atomic mass is 10.0. The smallest absolute Gasteiger partial charge is 0.0621 e. The largest absolute Gasteiger partial charge is 0.379 e. The summed E-state index contributed by atoms with van der Waals surface area (Å²) in [6.45, 7) is 11.7. The number of nitrogens with two attached hydrogens (primary N) is 1. The molecular formula is C11H20N2O. The third-order valence-electron chi connectivity index (χ3n) is 2.52. The summed E-state index contributed by atoms with van der Waals surface area (Å²) in [5.74, 6) is 0.454. The Labute approximate surface area is 86.2 Å². The molecule has 14 heavy (non-hydrogen) atoms. The number of hydrogen-bond acceptors (Lipinski definition) is 3. The highest BCUT2D eigenvalue weighted by atomic mass is 16.5. The maximum absolute atomic E-state index is 5.92. The van der Waals surface area contributed by atoms with Crippen molar-refractivity contribution in [3.8, 4) is 0 Å². The molecule has 3 heteroatoms. The van der Waals surface area contributed by atoms with E-state index in [1.54, 1.807) is 0 Å². The Kier molecular flexibility index (Phi) is 4.87. The summed E-state index contributed by atoms with van der Waals surface area (Å²) in [7, 11) is 0. The third kappa shape index (κ3) is 3.25. The first-order chi connectivity index (χ1) is 6.77. The average Bonchev–Trinajstić information content (AvgIpc) is 2.53. The molecule has 1 saturated heterocycles. The van der Waals surface area contributed by atoms with Crippen LogP contribution < -0.4 is 5.73 Å². The first-order valence-corrected chi connectivity index (χ1v) is 5.05. The van der Waals surface area contributed by atoms with Crippen LogP contribution in [0.15, 0.2) is 25.3 Å². The predicted molar refractivity (Wildman–Crippen MR) is 59.1 cm³/mol. The molecule has 1 rings (SSSR count). The minimum atomic E-state index is 0.187. The van der Waals surface area contributed by atoms with Crippen LogP contribution in [0, 0.1) is 5.92 Å². The number of hydrogen-bond donors (Lipinski definition) is 1. The molecule has 0 aromatic heterocycles. The van der Waals surface area contributed by atoms with Gasteiger partial charge in [0.15, 0.2) is 0 Å². The maximum Gasteiger partial charge on any atom is 0.0621 e. The van der Waals surface area contributed by atoms with E-state index in [0.29, 0.717) is 12.5 Å². The van der Waals surface area contributed by atoms with Gasteiger partial charge in [0.25, 0.3) is 0 Å². The topological polar surface area (TPSA) is 38.5 Å². The Morgan fingerprint density at radius 2 is 1.93 bits per heavy atom. The maximum atomic E-state index is 5.92. The molecule has 1 aliphatic rings. The van der Waals surface area contributed by atoms with Crippen molar-refractivity contribution in [2.75, 3.05) is 32.8 Å². The standard InChI is InChI=1S/C11H20N2O/c1-3-5-13(6-4-2)7-10-8-14-9-11(10)12/h3-4,10-11H,1-2,5-9,12H2. The summed E-state index contributed by atoms with van der Waals surface area (Å²) in [6, 6.07) is 0.187. The lowest BCUT2D eigenvalue weighted by molar-refractivity contribution is 0.173. The van der Waals surface area contributed by atoms with Gasteiger partial charge in [-0.15, -0.1) is 13.2 Å². The zero-order chi connectivity index (χ0) is 10.4. The molecule has 1 aliphatic heterocycles. The second kappa shape index (κ2) is 5.96. The van der Waals surface area contributed by atoms with E-state index in [2.05, 4.69) is 18.1 Å². The first-order valence-electron chi connectivity index (χ1n) is 5.05. The van der Waals surface area contributed by atoms with Crippen molar-refractivity contribution in [1.82, 2.24) is 4.90 Å². The molecule has 0 radical (unpaired) electrons. The summed E-state index contributed by atoms with van der Waals surface area (Å²) in [5, 5.41) is 0. The van der Waals surface area contributed by atoms with Gasteiger partial charge < -0.3 is 10.5 Å². The van der Waals surface area contributed by atoms with Crippen LogP contribution in [0.25, 0.3) is 0 Å². The van der Waals surface area contributed by atoms with Gasteiger partial charge in [0.2, 0.25) is 0 Å². The highest BCUT2D eigenvalue weighted by molar-refractivity contribution is 4.85. The average molecular weight is 196 g/mol. The van der Waals surface area contributed by atoms with Crippen LogP contribution in [0.3, 0.4) is 0 Å². The Balaban J connectivity index is 2.36. The van der Waals surface area contributed by atoms with Crippen molar-refractivity contribution in [3.05, 3.63) is 25.3 Å². The van der Waals surface area contributed by atoms with E-state index in [9.17, 15) is 0 Å². The zero-order valence-corrected chi connectivity index (χ0v) is 8.69. The van der Waals surface area contributed by atoms with Crippen molar-refractivity contribution < 1.29 is 4.74 Å². The van der Waals surface area contributed by atoms with Gasteiger partial charge in [-0.1, -0.05) is 12.2 Å². The molecule has 0 saturated carbocycles. The molecule has 2 unspecified atom stereocenters. The molecule has 1 fully saturated rings. The van der Waals surface area contributed by atoms with Crippen LogP contribution in [-0.2, 0) is 4.74 Å². The molecule has 0 aromatic rings. The molecule has 2 N–H and O–H groups in total. The Morgan fingerprint density at radius 3 is 2.36 bits per heavy atom. The van der Waals surface area contributed by atoms with Crippen molar-refractivity contribution in [2.45, 2.75) is 6.04 Å². The lowest BCUT2D eigenvalue weighted by Gasteiger charge is -2.23. The summed E-state index contributed by atoms with van der Waals surface area (Å²) in [4.78, 5) is 2.28. The van der Waals surface area contributed by atoms with Gasteiger partial charge >= 0.3 is 0 Å². The van der Waals surface area contributed by atoms with E-state index < -0.39 is 0 Å². The third-order valence-corrected chi connectivity index (χ3v) is 2.52. The van der Waals surface area contributed by atoms with Crippen LogP contribution in [0.1, 0.15) is 0 Å². The van der Waals surface area contributed by atoms with Crippen molar-refractivity contribution in [2.24, 2.45) is 11.7 Å². The second-order valence-corrected chi connectivity index (χ2v) is 3.76. The summed E-state index contributed by atoms with van der Waals surface area (Å²) in [5.41, 5.74) is 5.92. The Hall–Kier alpha value is -0.640. The fourth-order valence-electron chi connectivity index (χ4n) is 1.72. The summed E-state index contributed by atoms with van der Waals surface area (Å²) >= 11 is 0. The van der Waals surface area contributed by atoms with Gasteiger partial charge in [0.05, 0.1) is 13.2 Å². The summed E-state index contributed by atoms with van der Waals surface area (Å²) < 4.78 is 5.32. The van der Waals surface area contributed by atoms with Gasteiger partial charge in [0.1, 0.15) is 0 Å². The van der Waals surface area contributed by atoms with Crippen LogP contribution in [0.5, 0.6) is 0 Å². The highest BCUT2D eigenvalue weighted by Crippen LogP contribution is 2.13. The normalized spacial score (nSPS) is 26.7. The highest BCUT2D eigenvalue weighted by Gasteiger charge is 2.26. The molecule has 0 aliphatic carbocycles. The van der Waals surface area contributed by atoms with Crippen LogP contribution in [0.4, 0.5) is 0 Å². The molecule has 2 atom stereocenters. The predicted octanol–water partition coefficient (Wildman–Crippen LogP) is 0.634. The van der Waals surface area contributed by atoms with Crippen LogP contribution in [0.2, 0.25) is 0 Å². The quantitative estimate of drug-likeness (QED) is 0.633. The Bertz CT molecular complexity index is 184. The minimum Gasteiger partial charge on any atom is -0.379 e. The van der Waals surface area contributed by atoms with E-state index in [0.717, 1.165) is 26.2 Å². The van der Waals surface area contributed by atoms with Crippen LogP contribution in [-0.4, -0.2) is 43.8 Å². The molecule has 0 amide bonds. The zero-order valence-electron chi connectivity index (χ0n) is 8.69. The fraction of sp³-hybridized carbons (Fsp3) is 0.636. The molecule has 80 valence electrons. The van der Waals surface area contributed by atoms with Crippen molar-refractivity contribution >= 4 is 0 Å². The number of nitrogens with zero attached hydrogens (tertiary/aromatic N) is 1. The minimum absolute atomic E-state index is 0.187. The van der Waals surface area contributed by atoms with Gasteiger partial charge in [-0.2, -0.15) is 0 Å². The fourth-order valence-corrected chi connectivity index (χ4v) is 1.72. The lowest BCUT2D eigenvalue weighted by Crippen LogP contribution is -2.38. The van der Waals surface area contributed by atoms with Gasteiger partial charge in [-0.3, -0.25) is 4.90 Å². The van der Waals surface area contributed by atoms with E-state index in [1.165, 1.54) is 0 Å². The monoisotopic (exact) mass is 196 g/mol. The first kappa shape index (κ1) is 11.4. The van der Waals surface area contributed by atoms with Crippen molar-refractivity contribution in [1.29, 1.82) is 0 Å². The Morgan fingerprint density at radius 1 is 1.29 bits per heavy atom. The summed E-state index contributed by atoms with van der Waals surface area (Å²) in [6.07, 6.45) is 3.82. The van der Waals surface area contributed by atoms with E-state index in [1.807, 2.05) is 12.2 Å². The molecule has 3 nitrogen and oxygen atoms in total. The van der Waals surface area contributed by atoms with Gasteiger partial charge in [0, 0.05) is 31.6 Å². The van der Waals surface area contributed by atoms with Gasteiger partial charge in [-0.05, 0) is 0 Å². The van der Waals surface area contributed by atoms with E-state index in [-0.39, 0.29) is 6.04 Å². The van der Waals surface area contributed by atoms with E-state index >= 15 is 0 Å². The second-order valence-electron chi connectivity index (χ2n) is 3.76. The van der Waals surface area contributed by atoms with Gasteiger partial charge in [-0.25, -0.2) is 0 Å². The SMILES string of the molecule is C=CCN(CC=C)CC1COCC1N.